The lowest BCUT2D eigenvalue weighted by Gasteiger charge is -2.23. The van der Waals surface area contributed by atoms with Crippen LogP contribution in [0.4, 0.5) is 0 Å². The fraction of sp³-hybridized carbons (Fsp3) is 0.600. The van der Waals surface area contributed by atoms with E-state index in [-0.39, 0.29) is 12.6 Å². The number of hydrogen-bond acceptors (Lipinski definition) is 3. The average Bonchev–Trinajstić information content (AvgIpc) is 2.41. The quantitative estimate of drug-likeness (QED) is 0.705. The van der Waals surface area contributed by atoms with Gasteiger partial charge in [-0.1, -0.05) is 46.9 Å². The molecule has 0 aliphatic heterocycles. The van der Waals surface area contributed by atoms with Crippen LogP contribution in [0.25, 0.3) is 0 Å². The third kappa shape index (κ3) is 6.10. The molecule has 1 unspecified atom stereocenters. The van der Waals surface area contributed by atoms with Gasteiger partial charge in [-0.15, -0.1) is 0 Å². The van der Waals surface area contributed by atoms with Crippen molar-refractivity contribution in [3.63, 3.8) is 0 Å². The largest absolute Gasteiger partial charge is 0.395 e. The van der Waals surface area contributed by atoms with Crippen LogP contribution in [0, 0.1) is 0 Å². The van der Waals surface area contributed by atoms with Gasteiger partial charge in [-0.05, 0) is 37.1 Å². The van der Waals surface area contributed by atoms with Crippen LogP contribution >= 0.6 is 27.5 Å². The number of halogens is 2. The molecule has 0 bridgehead atoms. The maximum atomic E-state index is 9.09. The van der Waals surface area contributed by atoms with E-state index in [4.69, 9.17) is 22.4 Å². The first-order chi connectivity index (χ1) is 9.58. The molecule has 0 aliphatic carbocycles. The molecule has 0 fully saturated rings. The van der Waals surface area contributed by atoms with E-state index in [1.54, 1.807) is 0 Å². The van der Waals surface area contributed by atoms with Crippen molar-refractivity contribution in [2.24, 2.45) is 5.73 Å². The Morgan fingerprint density at radius 1 is 1.35 bits per heavy atom. The van der Waals surface area contributed by atoms with Gasteiger partial charge in [-0.3, -0.25) is 0 Å². The fourth-order valence-corrected chi connectivity index (χ4v) is 2.95. The van der Waals surface area contributed by atoms with Crippen molar-refractivity contribution in [3.8, 4) is 0 Å². The molecule has 0 saturated heterocycles. The van der Waals surface area contributed by atoms with Crippen LogP contribution in [0.5, 0.6) is 0 Å². The van der Waals surface area contributed by atoms with E-state index in [9.17, 15) is 0 Å². The van der Waals surface area contributed by atoms with E-state index in [0.717, 1.165) is 42.4 Å². The van der Waals surface area contributed by atoms with Crippen molar-refractivity contribution < 1.29 is 5.11 Å². The average molecular weight is 364 g/mol. The van der Waals surface area contributed by atoms with Gasteiger partial charge in [0.25, 0.3) is 0 Å². The van der Waals surface area contributed by atoms with Crippen molar-refractivity contribution in [2.75, 3.05) is 26.2 Å². The van der Waals surface area contributed by atoms with Gasteiger partial charge in [-0.25, -0.2) is 0 Å². The minimum atomic E-state index is -0.0709. The Morgan fingerprint density at radius 2 is 2.10 bits per heavy atom. The Morgan fingerprint density at radius 3 is 2.70 bits per heavy atom. The first-order valence-corrected chi connectivity index (χ1v) is 8.29. The lowest BCUT2D eigenvalue weighted by Crippen LogP contribution is -2.31. The molecule has 114 valence electrons. The van der Waals surface area contributed by atoms with Gasteiger partial charge in [0.15, 0.2) is 0 Å². The Balaban J connectivity index is 2.53. The Labute approximate surface area is 135 Å². The van der Waals surface area contributed by atoms with Crippen molar-refractivity contribution in [1.82, 2.24) is 4.90 Å². The van der Waals surface area contributed by atoms with Crippen LogP contribution in [-0.4, -0.2) is 36.2 Å². The summed E-state index contributed by atoms with van der Waals surface area (Å²) in [6.45, 7) is 4.97. The summed E-state index contributed by atoms with van der Waals surface area (Å²) in [5.41, 5.74) is 7.21. The Bertz CT molecular complexity index is 403. The van der Waals surface area contributed by atoms with E-state index in [0.29, 0.717) is 11.6 Å². The molecule has 0 amide bonds. The van der Waals surface area contributed by atoms with E-state index >= 15 is 0 Å². The molecule has 0 aliphatic rings. The molecule has 1 rings (SSSR count). The second-order valence-electron chi connectivity index (χ2n) is 4.98. The first kappa shape index (κ1) is 17.9. The highest BCUT2D eigenvalue weighted by molar-refractivity contribution is 9.10. The zero-order valence-corrected chi connectivity index (χ0v) is 14.3. The lowest BCUT2D eigenvalue weighted by atomic mass is 10.0. The summed E-state index contributed by atoms with van der Waals surface area (Å²) in [6.07, 6.45) is 3.14. The summed E-state index contributed by atoms with van der Waals surface area (Å²) in [7, 11) is 0. The summed E-state index contributed by atoms with van der Waals surface area (Å²) in [6, 6.07) is 5.74. The van der Waals surface area contributed by atoms with E-state index in [2.05, 4.69) is 27.8 Å². The molecule has 0 spiro atoms. The highest BCUT2D eigenvalue weighted by Gasteiger charge is 2.12. The molecule has 5 heteroatoms. The second-order valence-corrected chi connectivity index (χ2v) is 6.30. The van der Waals surface area contributed by atoms with Crippen molar-refractivity contribution in [1.29, 1.82) is 0 Å². The number of aliphatic hydroxyl groups excluding tert-OH is 1. The molecule has 1 aromatic carbocycles. The van der Waals surface area contributed by atoms with Crippen molar-refractivity contribution >= 4 is 27.5 Å². The standard InChI is InChI=1S/C15H24BrClN2O/c1-2-3-7-19(9-10-20)8-6-15(18)13-5-4-12(16)11-14(13)17/h4-5,11,15,20H,2-3,6-10,18H2,1H3. The predicted octanol–water partition coefficient (Wildman–Crippen LogP) is 3.59. The molecule has 3 N–H and O–H groups in total. The fourth-order valence-electron chi connectivity index (χ4n) is 2.14. The Hall–Kier alpha value is -0.130. The summed E-state index contributed by atoms with van der Waals surface area (Å²) in [4.78, 5) is 2.26. The molecule has 0 aromatic heterocycles. The van der Waals surface area contributed by atoms with E-state index in [1.165, 1.54) is 0 Å². The minimum Gasteiger partial charge on any atom is -0.395 e. The van der Waals surface area contributed by atoms with E-state index < -0.39 is 0 Å². The zero-order chi connectivity index (χ0) is 15.0. The molecule has 0 radical (unpaired) electrons. The SMILES string of the molecule is CCCCN(CCO)CCC(N)c1ccc(Br)cc1Cl. The van der Waals surface area contributed by atoms with Crippen LogP contribution in [0.15, 0.2) is 22.7 Å². The Kier molecular flexibility index (Phi) is 8.73. The molecule has 0 heterocycles. The molecule has 1 aromatic rings. The topological polar surface area (TPSA) is 49.5 Å². The summed E-state index contributed by atoms with van der Waals surface area (Å²) >= 11 is 9.62. The summed E-state index contributed by atoms with van der Waals surface area (Å²) in [5, 5.41) is 9.80. The van der Waals surface area contributed by atoms with Crippen molar-refractivity contribution in [3.05, 3.63) is 33.3 Å². The van der Waals surface area contributed by atoms with Gasteiger partial charge in [0, 0.05) is 28.6 Å². The summed E-state index contributed by atoms with van der Waals surface area (Å²) < 4.78 is 0.961. The summed E-state index contributed by atoms with van der Waals surface area (Å²) in [5.74, 6) is 0. The highest BCUT2D eigenvalue weighted by Crippen LogP contribution is 2.27. The number of nitrogens with zero attached hydrogens (tertiary/aromatic N) is 1. The molecule has 3 nitrogen and oxygen atoms in total. The van der Waals surface area contributed by atoms with Crippen LogP contribution in [0.2, 0.25) is 5.02 Å². The third-order valence-electron chi connectivity index (χ3n) is 3.36. The maximum absolute atomic E-state index is 9.09. The lowest BCUT2D eigenvalue weighted by molar-refractivity contribution is 0.189. The zero-order valence-electron chi connectivity index (χ0n) is 12.0. The van der Waals surface area contributed by atoms with E-state index in [1.807, 2.05) is 18.2 Å². The van der Waals surface area contributed by atoms with Crippen molar-refractivity contribution in [2.45, 2.75) is 32.2 Å². The molecular formula is C15H24BrClN2O. The maximum Gasteiger partial charge on any atom is 0.0558 e. The minimum absolute atomic E-state index is 0.0709. The number of unbranched alkanes of at least 4 members (excludes halogenated alkanes) is 1. The molecule has 1 atom stereocenters. The smallest absolute Gasteiger partial charge is 0.0558 e. The third-order valence-corrected chi connectivity index (χ3v) is 4.18. The van der Waals surface area contributed by atoms with Gasteiger partial charge in [-0.2, -0.15) is 0 Å². The normalized spacial score (nSPS) is 12.9. The van der Waals surface area contributed by atoms with Gasteiger partial charge >= 0.3 is 0 Å². The number of hydrogen-bond donors (Lipinski definition) is 2. The number of rotatable bonds is 9. The monoisotopic (exact) mass is 362 g/mol. The number of nitrogens with two attached hydrogens (primary N) is 1. The molecule has 0 saturated carbocycles. The predicted molar refractivity (Wildman–Crippen MR) is 89.1 cm³/mol. The van der Waals surface area contributed by atoms with Gasteiger partial charge in [0.1, 0.15) is 0 Å². The van der Waals surface area contributed by atoms with Crippen LogP contribution < -0.4 is 5.73 Å². The van der Waals surface area contributed by atoms with Crippen LogP contribution in [0.1, 0.15) is 37.8 Å². The first-order valence-electron chi connectivity index (χ1n) is 7.12. The number of aliphatic hydroxyl groups is 1. The highest BCUT2D eigenvalue weighted by atomic mass is 79.9. The molecular weight excluding hydrogens is 340 g/mol. The van der Waals surface area contributed by atoms with Gasteiger partial charge in [0.05, 0.1) is 6.61 Å². The number of benzene rings is 1. The second kappa shape index (κ2) is 9.74. The van der Waals surface area contributed by atoms with Gasteiger partial charge < -0.3 is 15.7 Å². The van der Waals surface area contributed by atoms with Crippen LogP contribution in [-0.2, 0) is 0 Å². The van der Waals surface area contributed by atoms with Gasteiger partial charge in [0.2, 0.25) is 0 Å². The van der Waals surface area contributed by atoms with Crippen LogP contribution in [0.3, 0.4) is 0 Å². The molecule has 20 heavy (non-hydrogen) atoms.